The number of amides is 2. The number of carbonyl (C=O) groups is 2. The fourth-order valence-corrected chi connectivity index (χ4v) is 2.87. The molecule has 0 aromatic carbocycles. The number of hydrogen-bond donors (Lipinski definition) is 0. The van der Waals surface area contributed by atoms with Gasteiger partial charge in [0.05, 0.1) is 6.04 Å². The molecule has 0 saturated carbocycles. The number of rotatable bonds is 5. The molecule has 0 spiro atoms. The largest absolute Gasteiger partial charge is 0.443 e. The third kappa shape index (κ3) is 4.46. The first-order chi connectivity index (χ1) is 11.4. The monoisotopic (exact) mass is 333 g/mol. The van der Waals surface area contributed by atoms with Crippen LogP contribution in [0.1, 0.15) is 58.6 Å². The van der Waals surface area contributed by atoms with E-state index >= 15 is 0 Å². The first-order valence-electron chi connectivity index (χ1n) is 8.53. The molecule has 24 heavy (non-hydrogen) atoms. The van der Waals surface area contributed by atoms with Crippen LogP contribution >= 0.6 is 0 Å². The van der Waals surface area contributed by atoms with Gasteiger partial charge in [0.25, 0.3) is 0 Å². The molecule has 0 N–H and O–H groups in total. The standard InChI is InChI=1S/C18H27N3O3/c1-5-10-21(17(23)24-18(2,3)4)16-9-8-14(12-19-16)15-7-6-11-20(15)13-22/h8-9,12-13,15H,5-7,10-11H2,1-4H3/t15-/m1/s1. The zero-order valence-corrected chi connectivity index (χ0v) is 15.0. The van der Waals surface area contributed by atoms with E-state index in [4.69, 9.17) is 4.74 Å². The van der Waals surface area contributed by atoms with Gasteiger partial charge < -0.3 is 9.64 Å². The number of anilines is 1. The molecule has 0 radical (unpaired) electrons. The summed E-state index contributed by atoms with van der Waals surface area (Å²) in [6, 6.07) is 3.86. The number of hydrogen-bond acceptors (Lipinski definition) is 4. The van der Waals surface area contributed by atoms with Crippen LogP contribution in [-0.2, 0) is 9.53 Å². The molecule has 0 unspecified atom stereocenters. The van der Waals surface area contributed by atoms with E-state index < -0.39 is 5.60 Å². The Bertz CT molecular complexity index is 566. The third-order valence-corrected chi connectivity index (χ3v) is 3.92. The zero-order valence-electron chi connectivity index (χ0n) is 15.0. The molecule has 1 fully saturated rings. The average molecular weight is 333 g/mol. The van der Waals surface area contributed by atoms with Gasteiger partial charge in [-0.25, -0.2) is 9.78 Å². The molecule has 132 valence electrons. The van der Waals surface area contributed by atoms with Crippen LogP contribution in [0.3, 0.4) is 0 Å². The second-order valence-electron chi connectivity index (χ2n) is 7.08. The van der Waals surface area contributed by atoms with Gasteiger partial charge in [0.15, 0.2) is 0 Å². The minimum Gasteiger partial charge on any atom is -0.443 e. The van der Waals surface area contributed by atoms with Crippen LogP contribution in [0.2, 0.25) is 0 Å². The van der Waals surface area contributed by atoms with Crippen LogP contribution in [0.15, 0.2) is 18.3 Å². The van der Waals surface area contributed by atoms with Crippen molar-refractivity contribution in [2.24, 2.45) is 0 Å². The molecule has 6 nitrogen and oxygen atoms in total. The summed E-state index contributed by atoms with van der Waals surface area (Å²) in [5.74, 6) is 0.575. The van der Waals surface area contributed by atoms with E-state index in [1.54, 1.807) is 16.0 Å². The predicted octanol–water partition coefficient (Wildman–Crippen LogP) is 3.53. The van der Waals surface area contributed by atoms with E-state index in [1.807, 2.05) is 39.8 Å². The Morgan fingerprint density at radius 3 is 2.75 bits per heavy atom. The Balaban J connectivity index is 2.16. The first kappa shape index (κ1) is 18.2. The van der Waals surface area contributed by atoms with E-state index in [-0.39, 0.29) is 12.1 Å². The quantitative estimate of drug-likeness (QED) is 0.773. The number of likely N-dealkylation sites (tertiary alicyclic amines) is 1. The van der Waals surface area contributed by atoms with Crippen molar-refractivity contribution in [2.75, 3.05) is 18.0 Å². The Morgan fingerprint density at radius 1 is 1.46 bits per heavy atom. The lowest BCUT2D eigenvalue weighted by Crippen LogP contribution is -2.37. The molecule has 1 aromatic rings. The topological polar surface area (TPSA) is 62.7 Å². The number of aromatic nitrogens is 1. The van der Waals surface area contributed by atoms with Gasteiger partial charge in [-0.3, -0.25) is 9.69 Å². The van der Waals surface area contributed by atoms with E-state index in [1.165, 1.54) is 0 Å². The highest BCUT2D eigenvalue weighted by Gasteiger charge is 2.26. The predicted molar refractivity (Wildman–Crippen MR) is 92.9 cm³/mol. The Labute approximate surface area is 143 Å². The SMILES string of the molecule is CCCN(C(=O)OC(C)(C)C)c1ccc([C@H]2CCCN2C=O)cn1. The van der Waals surface area contributed by atoms with Crippen molar-refractivity contribution < 1.29 is 14.3 Å². The molecule has 6 heteroatoms. The van der Waals surface area contributed by atoms with E-state index in [9.17, 15) is 9.59 Å². The van der Waals surface area contributed by atoms with Crippen molar-refractivity contribution in [3.63, 3.8) is 0 Å². The van der Waals surface area contributed by atoms with Crippen molar-refractivity contribution in [1.29, 1.82) is 0 Å². The second-order valence-corrected chi connectivity index (χ2v) is 7.08. The summed E-state index contributed by atoms with van der Waals surface area (Å²) in [5, 5.41) is 0. The van der Waals surface area contributed by atoms with Crippen LogP contribution < -0.4 is 4.90 Å². The summed E-state index contributed by atoms with van der Waals surface area (Å²) < 4.78 is 5.46. The molecular formula is C18H27N3O3. The van der Waals surface area contributed by atoms with Crippen molar-refractivity contribution in [3.8, 4) is 0 Å². The van der Waals surface area contributed by atoms with Crippen molar-refractivity contribution in [1.82, 2.24) is 9.88 Å². The van der Waals surface area contributed by atoms with Crippen LogP contribution in [0.25, 0.3) is 0 Å². The highest BCUT2D eigenvalue weighted by molar-refractivity contribution is 5.86. The lowest BCUT2D eigenvalue weighted by atomic mass is 10.1. The maximum absolute atomic E-state index is 12.4. The second kappa shape index (κ2) is 7.64. The minimum absolute atomic E-state index is 0.0881. The summed E-state index contributed by atoms with van der Waals surface area (Å²) in [5.41, 5.74) is 0.459. The average Bonchev–Trinajstić information content (AvgIpc) is 2.99. The molecule has 1 atom stereocenters. The third-order valence-electron chi connectivity index (χ3n) is 3.92. The maximum atomic E-state index is 12.4. The fraction of sp³-hybridized carbons (Fsp3) is 0.611. The Morgan fingerprint density at radius 2 is 2.21 bits per heavy atom. The molecule has 1 aromatic heterocycles. The van der Waals surface area contributed by atoms with Gasteiger partial charge in [-0.1, -0.05) is 13.0 Å². The van der Waals surface area contributed by atoms with E-state index in [0.717, 1.165) is 37.8 Å². The Hall–Kier alpha value is -2.11. The smallest absolute Gasteiger partial charge is 0.416 e. The number of pyridine rings is 1. The van der Waals surface area contributed by atoms with Gasteiger partial charge in [-0.2, -0.15) is 0 Å². The molecular weight excluding hydrogens is 306 g/mol. The summed E-state index contributed by atoms with van der Waals surface area (Å²) in [4.78, 5) is 31.3. The summed E-state index contributed by atoms with van der Waals surface area (Å²) in [6.45, 7) is 8.88. The van der Waals surface area contributed by atoms with E-state index in [2.05, 4.69) is 4.98 Å². The fourth-order valence-electron chi connectivity index (χ4n) is 2.87. The molecule has 0 aliphatic carbocycles. The Kier molecular flexibility index (Phi) is 5.80. The van der Waals surface area contributed by atoms with E-state index in [0.29, 0.717) is 12.4 Å². The number of nitrogens with zero attached hydrogens (tertiary/aromatic N) is 3. The number of ether oxygens (including phenoxy) is 1. The molecule has 2 heterocycles. The zero-order chi connectivity index (χ0) is 17.7. The lowest BCUT2D eigenvalue weighted by molar-refractivity contribution is -0.118. The molecule has 1 aliphatic heterocycles. The first-order valence-corrected chi connectivity index (χ1v) is 8.53. The summed E-state index contributed by atoms with van der Waals surface area (Å²) >= 11 is 0. The summed E-state index contributed by atoms with van der Waals surface area (Å²) in [6.07, 6.45) is 5.03. The minimum atomic E-state index is -0.544. The normalized spacial score (nSPS) is 17.7. The maximum Gasteiger partial charge on any atom is 0.416 e. The van der Waals surface area contributed by atoms with Crippen molar-refractivity contribution in [2.45, 2.75) is 58.6 Å². The van der Waals surface area contributed by atoms with Gasteiger partial charge in [0.2, 0.25) is 6.41 Å². The molecule has 1 aliphatic rings. The molecule has 1 saturated heterocycles. The molecule has 0 bridgehead atoms. The molecule has 2 amide bonds. The summed E-state index contributed by atoms with van der Waals surface area (Å²) in [7, 11) is 0. The number of carbonyl (C=O) groups excluding carboxylic acids is 2. The van der Waals surface area contributed by atoms with Gasteiger partial charge >= 0.3 is 6.09 Å². The lowest BCUT2D eigenvalue weighted by Gasteiger charge is -2.27. The van der Waals surface area contributed by atoms with Gasteiger partial charge in [0, 0.05) is 19.3 Å². The van der Waals surface area contributed by atoms with Gasteiger partial charge in [0.1, 0.15) is 11.4 Å². The van der Waals surface area contributed by atoms with Crippen LogP contribution in [-0.4, -0.2) is 41.1 Å². The van der Waals surface area contributed by atoms with Crippen LogP contribution in [0, 0.1) is 0 Å². The highest BCUT2D eigenvalue weighted by atomic mass is 16.6. The molecule has 2 rings (SSSR count). The van der Waals surface area contributed by atoms with Gasteiger partial charge in [-0.15, -0.1) is 0 Å². The van der Waals surface area contributed by atoms with Crippen molar-refractivity contribution >= 4 is 18.3 Å². The van der Waals surface area contributed by atoms with Crippen LogP contribution in [0.4, 0.5) is 10.6 Å². The van der Waals surface area contributed by atoms with Gasteiger partial charge in [-0.05, 0) is 51.7 Å². The highest BCUT2D eigenvalue weighted by Crippen LogP contribution is 2.30. The van der Waals surface area contributed by atoms with Crippen LogP contribution in [0.5, 0.6) is 0 Å². The van der Waals surface area contributed by atoms with Crippen molar-refractivity contribution in [3.05, 3.63) is 23.9 Å².